The fourth-order valence-corrected chi connectivity index (χ4v) is 2.51. The third-order valence-corrected chi connectivity index (χ3v) is 3.75. The van der Waals surface area contributed by atoms with Crippen molar-refractivity contribution in [1.82, 2.24) is 15.0 Å². The molecule has 2 rings (SSSR count). The molecule has 7 heteroatoms. The number of rotatable bonds is 3. The van der Waals surface area contributed by atoms with Gasteiger partial charge >= 0.3 is 5.97 Å². The van der Waals surface area contributed by atoms with Gasteiger partial charge in [-0.25, -0.2) is 13.9 Å². The number of benzene rings is 1. The lowest BCUT2D eigenvalue weighted by atomic mass is 9.90. The van der Waals surface area contributed by atoms with Crippen molar-refractivity contribution in [2.24, 2.45) is 0 Å². The maximum absolute atomic E-state index is 13.4. The molecule has 0 aliphatic carbocycles. The van der Waals surface area contributed by atoms with Crippen molar-refractivity contribution < 1.29 is 14.3 Å². The first-order valence-corrected chi connectivity index (χ1v) is 7.10. The maximum Gasteiger partial charge on any atom is 0.358 e. The van der Waals surface area contributed by atoms with Crippen LogP contribution in [0.4, 0.5) is 4.39 Å². The molecule has 0 spiro atoms. The number of carboxylic acid groups (broad SMARTS) is 1. The summed E-state index contributed by atoms with van der Waals surface area (Å²) in [5.74, 6) is -1.48. The minimum Gasteiger partial charge on any atom is -0.476 e. The zero-order chi connectivity index (χ0) is 15.8. The molecule has 0 aliphatic heterocycles. The summed E-state index contributed by atoms with van der Waals surface area (Å²) in [6.45, 7) is 5.89. The van der Waals surface area contributed by atoms with Gasteiger partial charge in [0.25, 0.3) is 0 Å². The molecule has 1 heterocycles. The van der Waals surface area contributed by atoms with Gasteiger partial charge in [-0.15, -0.1) is 5.10 Å². The van der Waals surface area contributed by atoms with Gasteiger partial charge in [0.1, 0.15) is 5.82 Å². The summed E-state index contributed by atoms with van der Waals surface area (Å²) in [6, 6.07) is 4.34. The largest absolute Gasteiger partial charge is 0.476 e. The number of hydrogen-bond donors (Lipinski definition) is 1. The molecule has 0 bridgehead atoms. The van der Waals surface area contributed by atoms with Crippen molar-refractivity contribution in [2.75, 3.05) is 0 Å². The molecule has 0 saturated heterocycles. The summed E-state index contributed by atoms with van der Waals surface area (Å²) < 4.78 is 15.6. The Kier molecular flexibility index (Phi) is 4.13. The van der Waals surface area contributed by atoms with Crippen LogP contribution < -0.4 is 0 Å². The van der Waals surface area contributed by atoms with Gasteiger partial charge in [0.2, 0.25) is 0 Å². The fourth-order valence-electron chi connectivity index (χ4n) is 2.14. The lowest BCUT2D eigenvalue weighted by Crippen LogP contribution is -2.22. The standard InChI is InChI=1S/C14H15BrFN3O2/c1-14(2,3)12-11(13(20)21)17-18-19(12)7-8-6-9(16)4-5-10(8)15/h4-6H,7H2,1-3H3,(H,20,21). The van der Waals surface area contributed by atoms with Crippen LogP contribution in [0.2, 0.25) is 0 Å². The third-order valence-electron chi connectivity index (χ3n) is 2.98. The highest BCUT2D eigenvalue weighted by Gasteiger charge is 2.29. The van der Waals surface area contributed by atoms with Crippen molar-refractivity contribution in [3.05, 3.63) is 45.4 Å². The number of hydrogen-bond acceptors (Lipinski definition) is 3. The van der Waals surface area contributed by atoms with E-state index in [1.807, 2.05) is 20.8 Å². The van der Waals surface area contributed by atoms with Crippen molar-refractivity contribution in [3.63, 3.8) is 0 Å². The van der Waals surface area contributed by atoms with E-state index >= 15 is 0 Å². The predicted octanol–water partition coefficient (Wildman–Crippen LogP) is 3.22. The van der Waals surface area contributed by atoms with Crippen LogP contribution in [0.25, 0.3) is 0 Å². The third kappa shape index (κ3) is 3.29. The van der Waals surface area contributed by atoms with Crippen LogP contribution >= 0.6 is 15.9 Å². The molecule has 5 nitrogen and oxygen atoms in total. The molecule has 21 heavy (non-hydrogen) atoms. The van der Waals surface area contributed by atoms with Crippen molar-refractivity contribution in [1.29, 1.82) is 0 Å². The van der Waals surface area contributed by atoms with E-state index in [9.17, 15) is 14.3 Å². The minimum absolute atomic E-state index is 0.0741. The molecular formula is C14H15BrFN3O2. The van der Waals surface area contributed by atoms with E-state index < -0.39 is 11.4 Å². The Hall–Kier alpha value is -1.76. The Balaban J connectivity index is 2.50. The van der Waals surface area contributed by atoms with Crippen molar-refractivity contribution in [3.8, 4) is 0 Å². The topological polar surface area (TPSA) is 68.0 Å². The predicted molar refractivity (Wildman–Crippen MR) is 78.9 cm³/mol. The van der Waals surface area contributed by atoms with Gasteiger partial charge in [-0.3, -0.25) is 0 Å². The van der Waals surface area contributed by atoms with E-state index in [0.717, 1.165) is 4.47 Å². The number of halogens is 2. The van der Waals surface area contributed by atoms with E-state index in [0.29, 0.717) is 11.3 Å². The quantitative estimate of drug-likeness (QED) is 0.917. The zero-order valence-corrected chi connectivity index (χ0v) is 13.5. The number of carboxylic acids is 1. The molecule has 0 atom stereocenters. The van der Waals surface area contributed by atoms with E-state index in [1.54, 1.807) is 6.07 Å². The van der Waals surface area contributed by atoms with Crippen LogP contribution in [0, 0.1) is 5.82 Å². The van der Waals surface area contributed by atoms with Crippen LogP contribution in [-0.2, 0) is 12.0 Å². The maximum atomic E-state index is 13.4. The molecule has 1 aromatic carbocycles. The van der Waals surface area contributed by atoms with Crippen molar-refractivity contribution >= 4 is 21.9 Å². The molecule has 1 aromatic heterocycles. The number of aromatic carboxylic acids is 1. The van der Waals surface area contributed by atoms with E-state index in [1.165, 1.54) is 16.8 Å². The van der Waals surface area contributed by atoms with Gasteiger partial charge in [0.05, 0.1) is 12.2 Å². The van der Waals surface area contributed by atoms with Gasteiger partial charge < -0.3 is 5.11 Å². The SMILES string of the molecule is CC(C)(C)c1c(C(=O)O)nnn1Cc1cc(F)ccc1Br. The Morgan fingerprint density at radius 3 is 2.67 bits per heavy atom. The average Bonchev–Trinajstić information content (AvgIpc) is 2.77. The minimum atomic E-state index is -1.12. The summed E-state index contributed by atoms with van der Waals surface area (Å²) in [4.78, 5) is 11.3. The lowest BCUT2D eigenvalue weighted by Gasteiger charge is -2.20. The lowest BCUT2D eigenvalue weighted by molar-refractivity contribution is 0.0687. The summed E-state index contributed by atoms with van der Waals surface area (Å²) >= 11 is 3.35. The number of carbonyl (C=O) groups is 1. The normalized spacial score (nSPS) is 11.7. The van der Waals surface area contributed by atoms with Crippen LogP contribution in [0.1, 0.15) is 42.5 Å². The monoisotopic (exact) mass is 355 g/mol. The molecule has 112 valence electrons. The van der Waals surface area contributed by atoms with Crippen LogP contribution in [-0.4, -0.2) is 26.1 Å². The molecule has 0 aliphatic rings. The molecule has 0 unspecified atom stereocenters. The van der Waals surface area contributed by atoms with E-state index in [2.05, 4.69) is 26.2 Å². The molecule has 0 fully saturated rings. The molecule has 1 N–H and O–H groups in total. The summed E-state index contributed by atoms with van der Waals surface area (Å²) in [5.41, 5.74) is 0.653. The summed E-state index contributed by atoms with van der Waals surface area (Å²) in [7, 11) is 0. The first kappa shape index (κ1) is 15.6. The van der Waals surface area contributed by atoms with Crippen LogP contribution in [0.3, 0.4) is 0 Å². The summed E-state index contributed by atoms with van der Waals surface area (Å²) in [5, 5.41) is 16.9. The first-order chi connectivity index (χ1) is 9.70. The highest BCUT2D eigenvalue weighted by atomic mass is 79.9. The Morgan fingerprint density at radius 2 is 2.10 bits per heavy atom. The van der Waals surface area contributed by atoms with Gasteiger partial charge in [-0.05, 0) is 23.8 Å². The first-order valence-electron chi connectivity index (χ1n) is 6.31. The Labute approximate surface area is 129 Å². The smallest absolute Gasteiger partial charge is 0.358 e. The van der Waals surface area contributed by atoms with Crippen LogP contribution in [0.5, 0.6) is 0 Å². The average molecular weight is 356 g/mol. The fraction of sp³-hybridized carbons (Fsp3) is 0.357. The molecule has 0 radical (unpaired) electrons. The van der Waals surface area contributed by atoms with Crippen molar-refractivity contribution in [2.45, 2.75) is 32.7 Å². The molecular weight excluding hydrogens is 341 g/mol. The van der Waals surface area contributed by atoms with Gasteiger partial charge in [-0.1, -0.05) is 41.9 Å². The highest BCUT2D eigenvalue weighted by Crippen LogP contribution is 2.26. The van der Waals surface area contributed by atoms with Crippen LogP contribution in [0.15, 0.2) is 22.7 Å². The second kappa shape index (κ2) is 5.55. The Morgan fingerprint density at radius 1 is 1.43 bits per heavy atom. The number of nitrogens with zero attached hydrogens (tertiary/aromatic N) is 3. The Bertz CT molecular complexity index is 692. The second-order valence-electron chi connectivity index (χ2n) is 5.74. The molecule has 2 aromatic rings. The van der Waals surface area contributed by atoms with Gasteiger partial charge in [0, 0.05) is 9.89 Å². The van der Waals surface area contributed by atoms with E-state index in [-0.39, 0.29) is 18.1 Å². The van der Waals surface area contributed by atoms with E-state index in [4.69, 9.17) is 0 Å². The zero-order valence-electron chi connectivity index (χ0n) is 11.9. The second-order valence-corrected chi connectivity index (χ2v) is 6.59. The molecule has 0 amide bonds. The number of aromatic nitrogens is 3. The summed E-state index contributed by atoms with van der Waals surface area (Å²) in [6.07, 6.45) is 0. The molecule has 0 saturated carbocycles. The van der Waals surface area contributed by atoms with Gasteiger partial charge in [-0.2, -0.15) is 0 Å². The van der Waals surface area contributed by atoms with Gasteiger partial charge in [0.15, 0.2) is 5.69 Å². The highest BCUT2D eigenvalue weighted by molar-refractivity contribution is 9.10.